The molecule has 0 aliphatic rings. The first kappa shape index (κ1) is 14.3. The van der Waals surface area contributed by atoms with Crippen LogP contribution in [0.3, 0.4) is 0 Å². The van der Waals surface area contributed by atoms with Crippen molar-refractivity contribution in [3.05, 3.63) is 24.3 Å². The van der Waals surface area contributed by atoms with E-state index in [4.69, 9.17) is 4.74 Å². The van der Waals surface area contributed by atoms with Crippen LogP contribution in [0.15, 0.2) is 24.3 Å². The van der Waals surface area contributed by atoms with Crippen LogP contribution in [0.5, 0.6) is 0 Å². The molecule has 1 aromatic rings. The lowest BCUT2D eigenvalue weighted by Crippen LogP contribution is -2.21. The molecule has 0 atom stereocenters. The molecule has 0 fully saturated rings. The van der Waals surface area contributed by atoms with E-state index < -0.39 is 6.09 Å². The van der Waals surface area contributed by atoms with Crippen molar-refractivity contribution in [3.63, 3.8) is 0 Å². The van der Waals surface area contributed by atoms with E-state index in [9.17, 15) is 4.79 Å². The zero-order chi connectivity index (χ0) is 13.4. The van der Waals surface area contributed by atoms with Gasteiger partial charge in [-0.3, -0.25) is 5.32 Å². The first-order chi connectivity index (χ1) is 8.63. The van der Waals surface area contributed by atoms with Gasteiger partial charge in [-0.1, -0.05) is 12.1 Å². The maximum atomic E-state index is 11.4. The second-order valence-electron chi connectivity index (χ2n) is 4.12. The van der Waals surface area contributed by atoms with Gasteiger partial charge in [0.25, 0.3) is 0 Å². The number of para-hydroxylation sites is 2. The molecule has 5 nitrogen and oxygen atoms in total. The Morgan fingerprint density at radius 2 is 1.94 bits per heavy atom. The van der Waals surface area contributed by atoms with Gasteiger partial charge in [-0.25, -0.2) is 4.79 Å². The average molecular weight is 251 g/mol. The van der Waals surface area contributed by atoms with Gasteiger partial charge in [0.1, 0.15) is 0 Å². The lowest BCUT2D eigenvalue weighted by Gasteiger charge is -2.14. The minimum Gasteiger partial charge on any atom is -0.450 e. The maximum Gasteiger partial charge on any atom is 0.411 e. The highest BCUT2D eigenvalue weighted by molar-refractivity contribution is 5.89. The fraction of sp³-hybridized carbons (Fsp3) is 0.462. The number of likely N-dealkylation sites (N-methyl/N-ethyl adjacent to an activating group) is 1. The zero-order valence-corrected chi connectivity index (χ0v) is 11.2. The van der Waals surface area contributed by atoms with Crippen molar-refractivity contribution >= 4 is 17.5 Å². The van der Waals surface area contributed by atoms with Crippen LogP contribution >= 0.6 is 0 Å². The first-order valence-corrected chi connectivity index (χ1v) is 6.05. The molecule has 0 unspecified atom stereocenters. The van der Waals surface area contributed by atoms with E-state index in [2.05, 4.69) is 15.5 Å². The molecule has 0 radical (unpaired) electrons. The summed E-state index contributed by atoms with van der Waals surface area (Å²) in [4.78, 5) is 13.5. The minimum atomic E-state index is -0.431. The molecule has 0 saturated carbocycles. The van der Waals surface area contributed by atoms with Crippen LogP contribution in [0.25, 0.3) is 0 Å². The van der Waals surface area contributed by atoms with E-state index in [1.807, 2.05) is 38.4 Å². The number of carbonyl (C=O) groups excluding carboxylic acids is 1. The van der Waals surface area contributed by atoms with Crippen molar-refractivity contribution in [2.45, 2.75) is 6.92 Å². The Morgan fingerprint density at radius 1 is 1.28 bits per heavy atom. The van der Waals surface area contributed by atoms with Crippen LogP contribution in [0.2, 0.25) is 0 Å². The summed E-state index contributed by atoms with van der Waals surface area (Å²) in [5, 5.41) is 5.99. The van der Waals surface area contributed by atoms with Crippen molar-refractivity contribution < 1.29 is 9.53 Å². The van der Waals surface area contributed by atoms with Gasteiger partial charge in [0.15, 0.2) is 0 Å². The van der Waals surface area contributed by atoms with E-state index in [1.54, 1.807) is 6.92 Å². The monoisotopic (exact) mass is 251 g/mol. The highest BCUT2D eigenvalue weighted by Crippen LogP contribution is 2.20. The van der Waals surface area contributed by atoms with E-state index in [0.717, 1.165) is 24.5 Å². The molecule has 5 heteroatoms. The van der Waals surface area contributed by atoms with Crippen LogP contribution in [0, 0.1) is 0 Å². The third-order valence-corrected chi connectivity index (χ3v) is 2.31. The third kappa shape index (κ3) is 5.05. The number of amides is 1. The molecule has 0 aromatic heterocycles. The predicted octanol–water partition coefficient (Wildman–Crippen LogP) is 2.23. The van der Waals surface area contributed by atoms with Gasteiger partial charge in [-0.2, -0.15) is 0 Å². The number of carbonyl (C=O) groups is 1. The van der Waals surface area contributed by atoms with Gasteiger partial charge in [-0.15, -0.1) is 0 Å². The van der Waals surface area contributed by atoms with Crippen molar-refractivity contribution in [2.75, 3.05) is 44.4 Å². The van der Waals surface area contributed by atoms with Gasteiger partial charge < -0.3 is 15.0 Å². The molecule has 1 aromatic carbocycles. The Bertz CT molecular complexity index is 380. The lowest BCUT2D eigenvalue weighted by molar-refractivity contribution is 0.168. The van der Waals surface area contributed by atoms with E-state index >= 15 is 0 Å². The zero-order valence-electron chi connectivity index (χ0n) is 11.2. The molecule has 100 valence electrons. The minimum absolute atomic E-state index is 0.363. The summed E-state index contributed by atoms with van der Waals surface area (Å²) in [6, 6.07) is 7.57. The number of nitrogens with zero attached hydrogens (tertiary/aromatic N) is 1. The third-order valence-electron chi connectivity index (χ3n) is 2.31. The SMILES string of the molecule is CCOC(=O)Nc1ccccc1NCCN(C)C. The van der Waals surface area contributed by atoms with Crippen molar-refractivity contribution in [1.82, 2.24) is 4.90 Å². The maximum absolute atomic E-state index is 11.4. The van der Waals surface area contributed by atoms with Crippen molar-refractivity contribution in [1.29, 1.82) is 0 Å². The van der Waals surface area contributed by atoms with E-state index in [-0.39, 0.29) is 0 Å². The predicted molar refractivity (Wildman–Crippen MR) is 74.1 cm³/mol. The molecule has 2 N–H and O–H groups in total. The Balaban J connectivity index is 2.58. The highest BCUT2D eigenvalue weighted by atomic mass is 16.5. The van der Waals surface area contributed by atoms with Gasteiger partial charge in [-0.05, 0) is 33.2 Å². The number of nitrogens with one attached hydrogen (secondary N) is 2. The molecule has 0 aliphatic carbocycles. The largest absolute Gasteiger partial charge is 0.450 e. The van der Waals surface area contributed by atoms with E-state index in [1.165, 1.54) is 0 Å². The topological polar surface area (TPSA) is 53.6 Å². The molecular formula is C13H21N3O2. The van der Waals surface area contributed by atoms with Gasteiger partial charge in [0, 0.05) is 13.1 Å². The number of anilines is 2. The quantitative estimate of drug-likeness (QED) is 0.814. The summed E-state index contributed by atoms with van der Waals surface area (Å²) in [5.41, 5.74) is 1.63. The first-order valence-electron chi connectivity index (χ1n) is 6.05. The van der Waals surface area contributed by atoms with E-state index in [0.29, 0.717) is 6.61 Å². The number of ether oxygens (including phenoxy) is 1. The van der Waals surface area contributed by atoms with Crippen LogP contribution in [-0.2, 0) is 4.74 Å². The second-order valence-corrected chi connectivity index (χ2v) is 4.12. The fourth-order valence-electron chi connectivity index (χ4n) is 1.44. The Labute approximate surface area is 108 Å². The smallest absolute Gasteiger partial charge is 0.411 e. The van der Waals surface area contributed by atoms with Gasteiger partial charge >= 0.3 is 6.09 Å². The van der Waals surface area contributed by atoms with Crippen LogP contribution < -0.4 is 10.6 Å². The van der Waals surface area contributed by atoms with Crippen molar-refractivity contribution in [2.24, 2.45) is 0 Å². The summed E-state index contributed by atoms with van der Waals surface area (Å²) in [7, 11) is 4.04. The van der Waals surface area contributed by atoms with Crippen LogP contribution in [0.4, 0.5) is 16.2 Å². The molecule has 0 aliphatic heterocycles. The van der Waals surface area contributed by atoms with Gasteiger partial charge in [0.05, 0.1) is 18.0 Å². The number of benzene rings is 1. The summed E-state index contributed by atoms with van der Waals surface area (Å²) in [6.07, 6.45) is -0.431. The molecule has 0 saturated heterocycles. The summed E-state index contributed by atoms with van der Waals surface area (Å²) >= 11 is 0. The molecule has 0 bridgehead atoms. The summed E-state index contributed by atoms with van der Waals surface area (Å²) in [5.74, 6) is 0. The van der Waals surface area contributed by atoms with Crippen molar-refractivity contribution in [3.8, 4) is 0 Å². The highest BCUT2D eigenvalue weighted by Gasteiger charge is 2.06. The number of rotatable bonds is 6. The Morgan fingerprint density at radius 3 is 2.56 bits per heavy atom. The number of hydrogen-bond acceptors (Lipinski definition) is 4. The molecule has 0 spiro atoms. The molecule has 18 heavy (non-hydrogen) atoms. The molecule has 0 heterocycles. The standard InChI is InChI=1S/C13H21N3O2/c1-4-18-13(17)15-12-8-6-5-7-11(12)14-9-10-16(2)3/h5-8,14H,4,9-10H2,1-3H3,(H,15,17). The normalized spacial score (nSPS) is 10.2. The Hall–Kier alpha value is -1.75. The number of hydrogen-bond donors (Lipinski definition) is 2. The average Bonchev–Trinajstić information content (AvgIpc) is 2.31. The molecular weight excluding hydrogens is 230 g/mol. The van der Waals surface area contributed by atoms with Crippen LogP contribution in [0.1, 0.15) is 6.92 Å². The Kier molecular flexibility index (Phi) is 6.00. The van der Waals surface area contributed by atoms with Gasteiger partial charge in [0.2, 0.25) is 0 Å². The second kappa shape index (κ2) is 7.55. The molecule has 1 rings (SSSR count). The summed E-state index contributed by atoms with van der Waals surface area (Å²) < 4.78 is 4.86. The van der Waals surface area contributed by atoms with Crippen LogP contribution in [-0.4, -0.2) is 44.8 Å². The lowest BCUT2D eigenvalue weighted by atomic mass is 10.2. The fourth-order valence-corrected chi connectivity index (χ4v) is 1.44. The summed E-state index contributed by atoms with van der Waals surface area (Å²) in [6.45, 7) is 3.88. The molecule has 1 amide bonds.